The third-order valence-electron chi connectivity index (χ3n) is 3.56. The van der Waals surface area contributed by atoms with Gasteiger partial charge >= 0.3 is 0 Å². The van der Waals surface area contributed by atoms with Crippen LogP contribution >= 0.6 is 22.6 Å². The summed E-state index contributed by atoms with van der Waals surface area (Å²) in [7, 11) is 1.38. The summed E-state index contributed by atoms with van der Waals surface area (Å²) in [4.78, 5) is 29.4. The van der Waals surface area contributed by atoms with Gasteiger partial charge in [0.25, 0.3) is 11.5 Å². The number of hydrogen-bond acceptors (Lipinski definition) is 6. The molecule has 0 spiro atoms. The Morgan fingerprint density at radius 2 is 2.12 bits per heavy atom. The Balaban J connectivity index is 2.55. The highest BCUT2D eigenvalue weighted by Crippen LogP contribution is 2.30. The number of aliphatic hydroxyl groups excluding tert-OH is 1. The van der Waals surface area contributed by atoms with Gasteiger partial charge in [0.2, 0.25) is 0 Å². The number of anilines is 2. The molecule has 0 fully saturated rings. The first-order chi connectivity index (χ1) is 12.3. The molecule has 1 heterocycles. The summed E-state index contributed by atoms with van der Waals surface area (Å²) in [6.07, 6.45) is 0. The molecule has 0 bridgehead atoms. The van der Waals surface area contributed by atoms with Crippen molar-refractivity contribution in [3.8, 4) is 5.75 Å². The molecule has 8 nitrogen and oxygen atoms in total. The van der Waals surface area contributed by atoms with Crippen molar-refractivity contribution in [1.82, 2.24) is 10.0 Å². The fourth-order valence-electron chi connectivity index (χ4n) is 2.21. The molecule has 10 heteroatoms. The van der Waals surface area contributed by atoms with Crippen LogP contribution in [0.4, 0.5) is 15.9 Å². The predicted octanol–water partition coefficient (Wildman–Crippen LogP) is 1.54. The zero-order valence-corrected chi connectivity index (χ0v) is 16.1. The molecule has 1 aromatic heterocycles. The van der Waals surface area contributed by atoms with Gasteiger partial charge in [-0.1, -0.05) is 0 Å². The Morgan fingerprint density at radius 3 is 2.73 bits per heavy atom. The van der Waals surface area contributed by atoms with Crippen molar-refractivity contribution in [2.45, 2.75) is 6.92 Å². The van der Waals surface area contributed by atoms with Crippen molar-refractivity contribution in [2.24, 2.45) is 7.05 Å². The van der Waals surface area contributed by atoms with Crippen LogP contribution in [0.1, 0.15) is 15.9 Å². The molecule has 0 unspecified atom stereocenters. The largest absolute Gasteiger partial charge is 0.506 e. The van der Waals surface area contributed by atoms with Crippen LogP contribution in [0.5, 0.6) is 5.75 Å². The van der Waals surface area contributed by atoms with Crippen molar-refractivity contribution in [2.75, 3.05) is 18.5 Å². The number of aromatic hydroxyl groups is 1. The monoisotopic (exact) mass is 477 g/mol. The van der Waals surface area contributed by atoms with Crippen LogP contribution in [0, 0.1) is 16.3 Å². The lowest BCUT2D eigenvalue weighted by atomic mass is 10.1. The number of nitrogens with zero attached hydrogens (tertiary/aromatic N) is 1. The van der Waals surface area contributed by atoms with Gasteiger partial charge in [-0.25, -0.2) is 9.87 Å². The van der Waals surface area contributed by atoms with Gasteiger partial charge in [-0.05, 0) is 47.7 Å². The molecule has 2 rings (SSSR count). The molecule has 0 aliphatic heterocycles. The van der Waals surface area contributed by atoms with E-state index in [1.165, 1.54) is 26.1 Å². The minimum Gasteiger partial charge on any atom is -0.506 e. The number of hydroxylamine groups is 1. The van der Waals surface area contributed by atoms with Crippen LogP contribution in [0.2, 0.25) is 0 Å². The van der Waals surface area contributed by atoms with Gasteiger partial charge < -0.3 is 15.5 Å². The summed E-state index contributed by atoms with van der Waals surface area (Å²) in [6.45, 7) is 0.877. The Morgan fingerprint density at radius 1 is 1.42 bits per heavy atom. The number of benzene rings is 1. The van der Waals surface area contributed by atoms with Crippen molar-refractivity contribution in [1.29, 1.82) is 0 Å². The number of carbonyl (C=O) groups excluding carboxylic acids is 1. The molecule has 0 saturated heterocycles. The summed E-state index contributed by atoms with van der Waals surface area (Å²) in [5.41, 5.74) is 1.19. The Hall–Kier alpha value is -2.18. The van der Waals surface area contributed by atoms with Gasteiger partial charge in [0.05, 0.1) is 24.5 Å². The highest BCUT2D eigenvalue weighted by Gasteiger charge is 2.24. The molecule has 4 N–H and O–H groups in total. The van der Waals surface area contributed by atoms with Crippen molar-refractivity contribution in [3.63, 3.8) is 0 Å². The molecule has 2 aromatic rings. The number of halogens is 2. The van der Waals surface area contributed by atoms with E-state index in [9.17, 15) is 19.1 Å². The lowest BCUT2D eigenvalue weighted by Crippen LogP contribution is -2.30. The number of pyridine rings is 1. The van der Waals surface area contributed by atoms with Crippen LogP contribution in [-0.4, -0.2) is 33.9 Å². The lowest BCUT2D eigenvalue weighted by Gasteiger charge is -2.18. The topological polar surface area (TPSA) is 113 Å². The van der Waals surface area contributed by atoms with E-state index in [1.54, 1.807) is 6.07 Å². The molecule has 0 aliphatic carbocycles. The van der Waals surface area contributed by atoms with E-state index in [1.807, 2.05) is 22.6 Å². The number of carbonyl (C=O) groups is 1. The zero-order chi connectivity index (χ0) is 19.4. The van der Waals surface area contributed by atoms with Gasteiger partial charge in [0.1, 0.15) is 22.9 Å². The molecule has 0 aliphatic rings. The summed E-state index contributed by atoms with van der Waals surface area (Å²) in [5, 5.41) is 21.7. The quantitative estimate of drug-likeness (QED) is 0.285. The molecular weight excluding hydrogens is 460 g/mol. The summed E-state index contributed by atoms with van der Waals surface area (Å²) in [5.74, 6) is -2.11. The summed E-state index contributed by atoms with van der Waals surface area (Å²) in [6, 6.07) is 4.36. The number of amides is 1. The third kappa shape index (κ3) is 4.14. The first-order valence-electron chi connectivity index (χ1n) is 7.45. The van der Waals surface area contributed by atoms with E-state index in [0.717, 1.165) is 4.57 Å². The van der Waals surface area contributed by atoms with Crippen molar-refractivity contribution < 1.29 is 24.2 Å². The smallest absolute Gasteiger partial charge is 0.282 e. The molecule has 26 heavy (non-hydrogen) atoms. The number of hydrogen-bond donors (Lipinski definition) is 4. The first-order valence-corrected chi connectivity index (χ1v) is 8.53. The maximum absolute atomic E-state index is 14.2. The lowest BCUT2D eigenvalue weighted by molar-refractivity contribution is 0.0167. The van der Waals surface area contributed by atoms with E-state index in [2.05, 4.69) is 10.8 Å². The van der Waals surface area contributed by atoms with Gasteiger partial charge in [-0.2, -0.15) is 0 Å². The molecule has 1 amide bonds. The van der Waals surface area contributed by atoms with E-state index < -0.39 is 23.0 Å². The first kappa shape index (κ1) is 20.1. The minimum atomic E-state index is -0.858. The number of nitrogens with one attached hydrogen (secondary N) is 2. The van der Waals surface area contributed by atoms with Crippen LogP contribution in [-0.2, 0) is 11.9 Å². The minimum absolute atomic E-state index is 0.0222. The van der Waals surface area contributed by atoms with Crippen LogP contribution in [0.3, 0.4) is 0 Å². The van der Waals surface area contributed by atoms with Crippen molar-refractivity contribution in [3.05, 3.63) is 49.1 Å². The van der Waals surface area contributed by atoms with Gasteiger partial charge in [-0.3, -0.25) is 19.0 Å². The van der Waals surface area contributed by atoms with E-state index in [-0.39, 0.29) is 35.8 Å². The maximum Gasteiger partial charge on any atom is 0.282 e. The van der Waals surface area contributed by atoms with E-state index >= 15 is 0 Å². The van der Waals surface area contributed by atoms with E-state index in [4.69, 9.17) is 9.94 Å². The average Bonchev–Trinajstić information content (AvgIpc) is 2.60. The van der Waals surface area contributed by atoms with Gasteiger partial charge in [0, 0.05) is 10.6 Å². The predicted molar refractivity (Wildman–Crippen MR) is 101 cm³/mol. The number of aliphatic hydroxyl groups is 1. The molecule has 1 aromatic carbocycles. The fourth-order valence-corrected chi connectivity index (χ4v) is 2.67. The Kier molecular flexibility index (Phi) is 6.56. The zero-order valence-electron chi connectivity index (χ0n) is 14.0. The molecule has 0 radical (unpaired) electrons. The fraction of sp³-hybridized carbons (Fsp3) is 0.250. The molecule has 0 atom stereocenters. The maximum atomic E-state index is 14.2. The highest BCUT2D eigenvalue weighted by atomic mass is 127. The molecule has 0 saturated carbocycles. The summed E-state index contributed by atoms with van der Waals surface area (Å²) < 4.78 is 15.9. The Labute approximate surface area is 161 Å². The Bertz CT molecular complexity index is 900. The summed E-state index contributed by atoms with van der Waals surface area (Å²) >= 11 is 1.95. The number of aromatic nitrogens is 1. The molecular formula is C16H17FIN3O5. The highest BCUT2D eigenvalue weighted by molar-refractivity contribution is 14.1. The number of rotatable bonds is 6. The normalized spacial score (nSPS) is 10.7. The standard InChI is InChI=1S/C16H17FIN3O5/c1-8-13(23)12(15(24)20-26-6-5-22)14(21(2)16(8)25)19-11-4-3-9(18)7-10(11)17/h3-4,7,19,22-23H,5-6H2,1-2H3,(H,20,24). The van der Waals surface area contributed by atoms with Crippen LogP contribution in [0.15, 0.2) is 23.0 Å². The third-order valence-corrected chi connectivity index (χ3v) is 4.23. The second-order valence-electron chi connectivity index (χ2n) is 5.31. The molecule has 140 valence electrons. The van der Waals surface area contributed by atoms with Crippen molar-refractivity contribution >= 4 is 40.0 Å². The average molecular weight is 477 g/mol. The van der Waals surface area contributed by atoms with Crippen LogP contribution < -0.4 is 16.4 Å². The van der Waals surface area contributed by atoms with Gasteiger partial charge in [0.15, 0.2) is 0 Å². The van der Waals surface area contributed by atoms with E-state index in [0.29, 0.717) is 3.57 Å². The second-order valence-corrected chi connectivity index (χ2v) is 6.56. The van der Waals surface area contributed by atoms with Crippen LogP contribution in [0.25, 0.3) is 0 Å². The van der Waals surface area contributed by atoms with Gasteiger partial charge in [-0.15, -0.1) is 0 Å². The SMILES string of the molecule is Cc1c(O)c(C(=O)NOCCO)c(Nc2ccc(I)cc2F)n(C)c1=O. The second kappa shape index (κ2) is 8.47.